The first-order valence-corrected chi connectivity index (χ1v) is 10.5. The first-order chi connectivity index (χ1) is 16.0. The summed E-state index contributed by atoms with van der Waals surface area (Å²) >= 11 is 0. The van der Waals surface area contributed by atoms with E-state index in [1.807, 2.05) is 0 Å². The van der Waals surface area contributed by atoms with Crippen LogP contribution in [0, 0.1) is 0 Å². The first kappa shape index (κ1) is 26.1. The van der Waals surface area contributed by atoms with Crippen molar-refractivity contribution >= 4 is 30.3 Å². The summed E-state index contributed by atoms with van der Waals surface area (Å²) in [5.41, 5.74) is 0.0713. The molecule has 0 aliphatic carbocycles. The SMILES string of the molecule is COCCOCCOCCNC(=O)COc1cccc2c1C(=O)N(C(C=O)CCC=O)C2=O. The van der Waals surface area contributed by atoms with Crippen molar-refractivity contribution in [1.29, 1.82) is 0 Å². The lowest BCUT2D eigenvalue weighted by atomic mass is 10.1. The molecule has 0 bridgehead atoms. The quantitative estimate of drug-likeness (QED) is 0.192. The Morgan fingerprint density at radius 1 is 1.06 bits per heavy atom. The molecule has 11 nitrogen and oxygen atoms in total. The number of carbonyl (C=O) groups excluding carboxylic acids is 5. The van der Waals surface area contributed by atoms with E-state index in [9.17, 15) is 24.0 Å². The van der Waals surface area contributed by atoms with Crippen LogP contribution in [0.1, 0.15) is 33.6 Å². The molecular weight excluding hydrogens is 436 g/mol. The van der Waals surface area contributed by atoms with Crippen LogP contribution in [-0.2, 0) is 28.6 Å². The van der Waals surface area contributed by atoms with Crippen LogP contribution in [0.15, 0.2) is 18.2 Å². The minimum Gasteiger partial charge on any atom is -0.483 e. The van der Waals surface area contributed by atoms with Crippen molar-refractivity contribution in [3.05, 3.63) is 29.3 Å². The molecule has 1 aromatic rings. The molecule has 33 heavy (non-hydrogen) atoms. The van der Waals surface area contributed by atoms with Gasteiger partial charge in [-0.05, 0) is 18.6 Å². The molecule has 11 heteroatoms. The smallest absolute Gasteiger partial charge is 0.265 e. The van der Waals surface area contributed by atoms with Crippen molar-refractivity contribution < 1.29 is 42.9 Å². The fourth-order valence-corrected chi connectivity index (χ4v) is 3.11. The molecule has 0 saturated heterocycles. The van der Waals surface area contributed by atoms with E-state index in [-0.39, 0.29) is 49.5 Å². The van der Waals surface area contributed by atoms with E-state index in [0.717, 1.165) is 4.90 Å². The third-order valence-electron chi connectivity index (χ3n) is 4.71. The van der Waals surface area contributed by atoms with Gasteiger partial charge in [0.05, 0.1) is 50.2 Å². The van der Waals surface area contributed by atoms with Gasteiger partial charge in [-0.25, -0.2) is 0 Å². The highest BCUT2D eigenvalue weighted by Crippen LogP contribution is 2.32. The maximum absolute atomic E-state index is 12.8. The van der Waals surface area contributed by atoms with Gasteiger partial charge >= 0.3 is 0 Å². The summed E-state index contributed by atoms with van der Waals surface area (Å²) in [6.07, 6.45) is 1.15. The molecule has 1 aromatic carbocycles. The standard InChI is InChI=1S/C22H28N2O9/c1-30-10-11-32-13-12-31-9-7-23-19(27)15-33-18-6-2-5-17-20(18)22(29)24(21(17)28)16(14-26)4-3-8-25/h2,5-6,8,14,16H,3-4,7,9-13,15H2,1H3,(H,23,27). The number of methoxy groups -OCH3 is 1. The molecular formula is C22H28N2O9. The van der Waals surface area contributed by atoms with Gasteiger partial charge in [-0.15, -0.1) is 0 Å². The highest BCUT2D eigenvalue weighted by Gasteiger charge is 2.41. The fraction of sp³-hybridized carbons (Fsp3) is 0.500. The fourth-order valence-electron chi connectivity index (χ4n) is 3.11. The molecule has 0 radical (unpaired) electrons. The van der Waals surface area contributed by atoms with E-state index in [1.165, 1.54) is 18.2 Å². The molecule has 0 aromatic heterocycles. The largest absolute Gasteiger partial charge is 0.483 e. The second-order valence-electron chi connectivity index (χ2n) is 6.96. The van der Waals surface area contributed by atoms with Crippen LogP contribution in [0.25, 0.3) is 0 Å². The summed E-state index contributed by atoms with van der Waals surface area (Å²) in [5, 5.41) is 2.62. The Balaban J connectivity index is 1.83. The minimum absolute atomic E-state index is 0.00920. The Morgan fingerprint density at radius 3 is 2.48 bits per heavy atom. The van der Waals surface area contributed by atoms with Crippen molar-refractivity contribution in [1.82, 2.24) is 10.2 Å². The molecule has 1 N–H and O–H groups in total. The number of benzene rings is 1. The van der Waals surface area contributed by atoms with Gasteiger partial charge in [0.1, 0.15) is 18.3 Å². The summed E-state index contributed by atoms with van der Waals surface area (Å²) in [6, 6.07) is 3.38. The van der Waals surface area contributed by atoms with Crippen LogP contribution in [0.4, 0.5) is 0 Å². The van der Waals surface area contributed by atoms with Gasteiger partial charge in [0, 0.05) is 20.1 Å². The zero-order valence-corrected chi connectivity index (χ0v) is 18.4. The van der Waals surface area contributed by atoms with Crippen molar-refractivity contribution in [2.75, 3.05) is 53.3 Å². The van der Waals surface area contributed by atoms with Crippen LogP contribution >= 0.6 is 0 Å². The summed E-state index contributed by atoms with van der Waals surface area (Å²) in [6.45, 7) is 1.97. The van der Waals surface area contributed by atoms with E-state index in [0.29, 0.717) is 39.0 Å². The van der Waals surface area contributed by atoms with Gasteiger partial charge < -0.3 is 33.9 Å². The average Bonchev–Trinajstić information content (AvgIpc) is 3.08. The summed E-state index contributed by atoms with van der Waals surface area (Å²) in [4.78, 5) is 60.4. The number of nitrogens with zero attached hydrogens (tertiary/aromatic N) is 1. The Kier molecular flexibility index (Phi) is 11.1. The Bertz CT molecular complexity index is 843. The lowest BCUT2D eigenvalue weighted by molar-refractivity contribution is -0.123. The molecule has 0 fully saturated rings. The molecule has 180 valence electrons. The zero-order valence-electron chi connectivity index (χ0n) is 18.4. The molecule has 2 rings (SSSR count). The number of carbonyl (C=O) groups is 5. The highest BCUT2D eigenvalue weighted by molar-refractivity contribution is 6.23. The maximum atomic E-state index is 12.8. The van der Waals surface area contributed by atoms with Crippen LogP contribution in [0.5, 0.6) is 5.75 Å². The monoisotopic (exact) mass is 464 g/mol. The summed E-state index contributed by atoms with van der Waals surface area (Å²) in [5.74, 6) is -1.71. The van der Waals surface area contributed by atoms with Gasteiger partial charge in [-0.3, -0.25) is 19.3 Å². The van der Waals surface area contributed by atoms with Crippen molar-refractivity contribution in [3.63, 3.8) is 0 Å². The van der Waals surface area contributed by atoms with Crippen LogP contribution in [0.2, 0.25) is 0 Å². The Hall–Kier alpha value is -3.15. The number of nitrogens with one attached hydrogen (secondary N) is 1. The number of amides is 3. The Labute approximate surface area is 191 Å². The van der Waals surface area contributed by atoms with Gasteiger partial charge in [0.2, 0.25) is 0 Å². The molecule has 1 aliphatic heterocycles. The molecule has 1 aliphatic rings. The molecule has 1 unspecified atom stereocenters. The molecule has 0 spiro atoms. The number of ether oxygens (including phenoxy) is 4. The van der Waals surface area contributed by atoms with E-state index in [1.54, 1.807) is 7.11 Å². The molecule has 1 heterocycles. The van der Waals surface area contributed by atoms with Gasteiger partial charge in [0.15, 0.2) is 6.61 Å². The zero-order chi connectivity index (χ0) is 24.1. The molecule has 0 saturated carbocycles. The number of imide groups is 1. The number of hydrogen-bond donors (Lipinski definition) is 1. The third kappa shape index (κ3) is 7.45. The minimum atomic E-state index is -1.05. The van der Waals surface area contributed by atoms with Gasteiger partial charge in [0.25, 0.3) is 17.7 Å². The summed E-state index contributed by atoms with van der Waals surface area (Å²) in [7, 11) is 1.59. The van der Waals surface area contributed by atoms with Crippen LogP contribution < -0.4 is 10.1 Å². The third-order valence-corrected chi connectivity index (χ3v) is 4.71. The number of fused-ring (bicyclic) bond motifs is 1. The Morgan fingerprint density at radius 2 is 1.79 bits per heavy atom. The number of rotatable bonds is 17. The average molecular weight is 464 g/mol. The van der Waals surface area contributed by atoms with E-state index >= 15 is 0 Å². The lowest BCUT2D eigenvalue weighted by Crippen LogP contribution is -2.41. The normalized spacial score (nSPS) is 13.5. The predicted molar refractivity (Wildman–Crippen MR) is 114 cm³/mol. The predicted octanol–water partition coefficient (Wildman–Crippen LogP) is 0.00380. The maximum Gasteiger partial charge on any atom is 0.265 e. The van der Waals surface area contributed by atoms with E-state index < -0.39 is 23.8 Å². The number of hydrogen-bond acceptors (Lipinski definition) is 9. The molecule has 1 atom stereocenters. The second-order valence-corrected chi connectivity index (χ2v) is 6.96. The van der Waals surface area contributed by atoms with E-state index in [4.69, 9.17) is 18.9 Å². The molecule has 3 amide bonds. The number of aldehydes is 2. The van der Waals surface area contributed by atoms with Gasteiger partial charge in [-0.2, -0.15) is 0 Å². The van der Waals surface area contributed by atoms with Crippen molar-refractivity contribution in [3.8, 4) is 5.75 Å². The van der Waals surface area contributed by atoms with Crippen molar-refractivity contribution in [2.24, 2.45) is 0 Å². The van der Waals surface area contributed by atoms with Crippen molar-refractivity contribution in [2.45, 2.75) is 18.9 Å². The van der Waals surface area contributed by atoms with Crippen LogP contribution in [0.3, 0.4) is 0 Å². The first-order valence-electron chi connectivity index (χ1n) is 10.5. The lowest BCUT2D eigenvalue weighted by Gasteiger charge is -2.20. The summed E-state index contributed by atoms with van der Waals surface area (Å²) < 4.78 is 20.9. The van der Waals surface area contributed by atoms with Gasteiger partial charge in [-0.1, -0.05) is 6.07 Å². The topological polar surface area (TPSA) is 138 Å². The van der Waals surface area contributed by atoms with E-state index in [2.05, 4.69) is 5.32 Å². The van der Waals surface area contributed by atoms with Crippen LogP contribution in [-0.4, -0.2) is 94.5 Å². The highest BCUT2D eigenvalue weighted by atomic mass is 16.5. The second kappa shape index (κ2) is 14.1.